The zero-order valence-corrected chi connectivity index (χ0v) is 34.3. The minimum atomic E-state index is -0.568. The van der Waals surface area contributed by atoms with Gasteiger partial charge in [0.2, 0.25) is 0 Å². The Kier molecular flexibility index (Phi) is 18.0. The molecule has 1 atom stereocenters. The van der Waals surface area contributed by atoms with Gasteiger partial charge in [0, 0.05) is 42.0 Å². The fourth-order valence-corrected chi connectivity index (χ4v) is 7.55. The Labute approximate surface area is 334 Å². The molecule has 1 heterocycles. The molecule has 55 heavy (non-hydrogen) atoms. The topological polar surface area (TPSA) is 81.9 Å². The Morgan fingerprint density at radius 1 is 0.800 bits per heavy atom. The highest BCUT2D eigenvalue weighted by molar-refractivity contribution is 6.30. The van der Waals surface area contributed by atoms with Gasteiger partial charge in [0.15, 0.2) is 0 Å². The first-order valence-electron chi connectivity index (χ1n) is 20.5. The van der Waals surface area contributed by atoms with Crippen LogP contribution in [0.15, 0.2) is 72.9 Å². The van der Waals surface area contributed by atoms with Crippen LogP contribution in [0.5, 0.6) is 0 Å². The van der Waals surface area contributed by atoms with Gasteiger partial charge in [-0.3, -0.25) is 0 Å². The molecule has 1 aliphatic rings. The Morgan fingerprint density at radius 2 is 1.44 bits per heavy atom. The lowest BCUT2D eigenvalue weighted by molar-refractivity contribution is -0.139. The third-order valence-electron chi connectivity index (χ3n) is 10.7. The van der Waals surface area contributed by atoms with Crippen molar-refractivity contribution in [3.05, 3.63) is 117 Å². The number of benzene rings is 3. The Morgan fingerprint density at radius 3 is 2.07 bits per heavy atom. The van der Waals surface area contributed by atoms with Crippen molar-refractivity contribution in [3.63, 3.8) is 0 Å². The summed E-state index contributed by atoms with van der Waals surface area (Å²) in [5, 5.41) is 0.0780. The quantitative estimate of drug-likeness (QED) is 0.0763. The maximum absolute atomic E-state index is 15.0. The van der Waals surface area contributed by atoms with E-state index in [4.69, 9.17) is 26.8 Å². The summed E-state index contributed by atoms with van der Waals surface area (Å²) in [5.74, 6) is -1.27. The maximum atomic E-state index is 15.0. The highest BCUT2D eigenvalue weighted by Gasteiger charge is 2.32. The zero-order valence-electron chi connectivity index (χ0n) is 33.6. The summed E-state index contributed by atoms with van der Waals surface area (Å²) >= 11 is 6.12. The number of rotatable bonds is 23. The number of hydrogen-bond donors (Lipinski definition) is 1. The molecule has 0 fully saturated rings. The molecule has 2 N–H and O–H groups in total. The molecule has 0 aromatic heterocycles. The van der Waals surface area contributed by atoms with E-state index >= 15 is 4.39 Å². The molecule has 298 valence electrons. The van der Waals surface area contributed by atoms with Gasteiger partial charge < -0.3 is 20.1 Å². The SMILES string of the molecule is C=C1C(C(=O)OCc2ccccc2C(=O)OCCCCCCCCCCCCCC)=CN(C(CN)C(C)C)c2cc(CC)c(Cc3cccc(Cl)c3F)cc21. The van der Waals surface area contributed by atoms with Crippen LogP contribution in [0.3, 0.4) is 0 Å². The van der Waals surface area contributed by atoms with Crippen LogP contribution in [0, 0.1) is 11.7 Å². The summed E-state index contributed by atoms with van der Waals surface area (Å²) in [7, 11) is 0. The van der Waals surface area contributed by atoms with E-state index in [1.807, 2.05) is 12.1 Å². The summed E-state index contributed by atoms with van der Waals surface area (Å²) < 4.78 is 26.6. The zero-order chi connectivity index (χ0) is 39.7. The molecule has 1 unspecified atom stereocenters. The van der Waals surface area contributed by atoms with Gasteiger partial charge in [-0.15, -0.1) is 0 Å². The fraction of sp³-hybridized carbons (Fsp3) is 0.489. The Bertz CT molecular complexity index is 1770. The second-order valence-corrected chi connectivity index (χ2v) is 15.5. The number of ether oxygens (including phenoxy) is 2. The molecular formula is C47H62ClFN2O4. The molecule has 0 saturated carbocycles. The van der Waals surface area contributed by atoms with E-state index in [0.717, 1.165) is 48.1 Å². The van der Waals surface area contributed by atoms with Gasteiger partial charge in [0.25, 0.3) is 0 Å². The normalized spacial score (nSPS) is 13.1. The van der Waals surface area contributed by atoms with Crippen LogP contribution in [-0.4, -0.2) is 31.1 Å². The highest BCUT2D eigenvalue weighted by atomic mass is 35.5. The van der Waals surface area contributed by atoms with Crippen LogP contribution < -0.4 is 10.6 Å². The molecule has 3 aromatic rings. The van der Waals surface area contributed by atoms with Crippen molar-refractivity contribution in [2.24, 2.45) is 11.7 Å². The van der Waals surface area contributed by atoms with Crippen LogP contribution in [0.2, 0.25) is 5.02 Å². The smallest absolute Gasteiger partial charge is 0.340 e. The van der Waals surface area contributed by atoms with Crippen LogP contribution in [0.25, 0.3) is 5.57 Å². The molecule has 6 nitrogen and oxygen atoms in total. The second kappa shape index (κ2) is 22.6. The first-order chi connectivity index (χ1) is 26.6. The number of anilines is 1. The van der Waals surface area contributed by atoms with Crippen LogP contribution in [0.1, 0.15) is 143 Å². The maximum Gasteiger partial charge on any atom is 0.340 e. The summed E-state index contributed by atoms with van der Waals surface area (Å²) in [6, 6.07) is 16.1. The molecule has 0 saturated heterocycles. The molecule has 0 bridgehead atoms. The molecule has 3 aromatic carbocycles. The van der Waals surface area contributed by atoms with Crippen molar-refractivity contribution in [3.8, 4) is 0 Å². The van der Waals surface area contributed by atoms with E-state index in [1.54, 1.807) is 36.5 Å². The van der Waals surface area contributed by atoms with Crippen molar-refractivity contribution in [1.82, 2.24) is 0 Å². The van der Waals surface area contributed by atoms with Gasteiger partial charge in [0.1, 0.15) is 12.4 Å². The number of carbonyl (C=O) groups excluding carboxylic acids is 2. The third-order valence-corrected chi connectivity index (χ3v) is 11.0. The van der Waals surface area contributed by atoms with Gasteiger partial charge in [-0.2, -0.15) is 0 Å². The molecule has 0 radical (unpaired) electrons. The second-order valence-electron chi connectivity index (χ2n) is 15.1. The summed E-state index contributed by atoms with van der Waals surface area (Å²) in [4.78, 5) is 29.1. The number of carbonyl (C=O) groups is 2. The van der Waals surface area contributed by atoms with Gasteiger partial charge in [-0.1, -0.05) is 147 Å². The number of esters is 2. The average Bonchev–Trinajstić information content (AvgIpc) is 3.18. The van der Waals surface area contributed by atoms with E-state index in [9.17, 15) is 9.59 Å². The van der Waals surface area contributed by atoms with Crippen molar-refractivity contribution in [2.45, 2.75) is 130 Å². The Balaban J connectivity index is 1.41. The highest BCUT2D eigenvalue weighted by Crippen LogP contribution is 2.41. The molecular weight excluding hydrogens is 711 g/mol. The van der Waals surface area contributed by atoms with Gasteiger partial charge >= 0.3 is 11.9 Å². The van der Waals surface area contributed by atoms with Crippen molar-refractivity contribution in [2.75, 3.05) is 18.1 Å². The summed E-state index contributed by atoms with van der Waals surface area (Å²) in [5.41, 5.74) is 12.2. The lowest BCUT2D eigenvalue weighted by Gasteiger charge is -2.38. The first-order valence-corrected chi connectivity index (χ1v) is 20.9. The van der Waals surface area contributed by atoms with Gasteiger partial charge in [0.05, 0.1) is 22.8 Å². The van der Waals surface area contributed by atoms with E-state index in [1.165, 1.54) is 63.9 Å². The van der Waals surface area contributed by atoms with E-state index < -0.39 is 17.8 Å². The molecule has 0 amide bonds. The van der Waals surface area contributed by atoms with Crippen molar-refractivity contribution < 1.29 is 23.5 Å². The summed E-state index contributed by atoms with van der Waals surface area (Å²) in [6.07, 6.45) is 17.7. The minimum absolute atomic E-state index is 0.0780. The number of hydrogen-bond acceptors (Lipinski definition) is 6. The van der Waals surface area contributed by atoms with Crippen LogP contribution in [-0.2, 0) is 33.7 Å². The number of halogens is 2. The van der Waals surface area contributed by atoms with Crippen molar-refractivity contribution in [1.29, 1.82) is 0 Å². The minimum Gasteiger partial charge on any atom is -0.462 e. The molecule has 4 rings (SSSR count). The number of unbranched alkanes of at least 4 members (excludes halogenated alkanes) is 11. The third kappa shape index (κ3) is 12.3. The molecule has 1 aliphatic heterocycles. The first kappa shape index (κ1) is 43.8. The number of nitrogens with two attached hydrogens (primary N) is 1. The van der Waals surface area contributed by atoms with Crippen LogP contribution in [0.4, 0.5) is 10.1 Å². The van der Waals surface area contributed by atoms with E-state index in [2.05, 4.69) is 45.2 Å². The molecule has 0 spiro atoms. The molecule has 0 aliphatic carbocycles. The predicted octanol–water partition coefficient (Wildman–Crippen LogP) is 11.9. The number of fused-ring (bicyclic) bond motifs is 1. The van der Waals surface area contributed by atoms with Crippen LogP contribution >= 0.6 is 11.6 Å². The lowest BCUT2D eigenvalue weighted by Crippen LogP contribution is -2.43. The number of nitrogens with zero attached hydrogens (tertiary/aromatic N) is 1. The van der Waals surface area contributed by atoms with E-state index in [-0.39, 0.29) is 23.6 Å². The van der Waals surface area contributed by atoms with Crippen molar-refractivity contribution >= 4 is 34.8 Å². The largest absolute Gasteiger partial charge is 0.462 e. The number of aryl methyl sites for hydroxylation is 1. The predicted molar refractivity (Wildman–Crippen MR) is 225 cm³/mol. The monoisotopic (exact) mass is 772 g/mol. The molecule has 8 heteroatoms. The average molecular weight is 773 g/mol. The van der Waals surface area contributed by atoms with Gasteiger partial charge in [-0.05, 0) is 65.3 Å². The summed E-state index contributed by atoms with van der Waals surface area (Å²) in [6.45, 7) is 13.5. The fourth-order valence-electron chi connectivity index (χ4n) is 7.36. The Hall–Kier alpha value is -3.94. The standard InChI is InChI=1S/C47H62ClFN2O4/c1-6-8-9-10-11-12-13-14-15-16-17-20-26-54-46(52)39-24-19-18-22-37(39)32-55-47(53)41-31-51(44(30-50)33(3)4)43-29-35(7-2)38(28-40(43)34(41)5)27-36-23-21-25-42(48)45(36)49/h18-19,21-25,28-29,31,33,44H,5-17,20,26-27,30,32,50H2,1-4H3. The van der Waals surface area contributed by atoms with Gasteiger partial charge in [-0.25, -0.2) is 14.0 Å². The lowest BCUT2D eigenvalue weighted by atomic mass is 9.87. The van der Waals surface area contributed by atoms with E-state index in [0.29, 0.717) is 47.4 Å².